The molecular formula is C16H23N3O2. The topological polar surface area (TPSA) is 53.6 Å². The predicted octanol–water partition coefficient (Wildman–Crippen LogP) is 1.14. The van der Waals surface area contributed by atoms with Gasteiger partial charge in [0.15, 0.2) is 0 Å². The fourth-order valence-electron chi connectivity index (χ4n) is 2.81. The van der Waals surface area contributed by atoms with Crippen molar-refractivity contribution in [3.8, 4) is 5.75 Å². The van der Waals surface area contributed by atoms with E-state index in [1.807, 2.05) is 24.3 Å². The van der Waals surface area contributed by atoms with E-state index in [2.05, 4.69) is 15.5 Å². The van der Waals surface area contributed by atoms with E-state index < -0.39 is 0 Å². The number of rotatable bonds is 4. The van der Waals surface area contributed by atoms with Crippen molar-refractivity contribution in [1.29, 1.82) is 0 Å². The minimum absolute atomic E-state index is 0.124. The number of piperazine rings is 1. The predicted molar refractivity (Wildman–Crippen MR) is 82.8 cm³/mol. The number of ether oxygens (including phenoxy) is 1. The summed E-state index contributed by atoms with van der Waals surface area (Å²) in [5.74, 6) is 0.992. The molecule has 5 heteroatoms. The lowest BCUT2D eigenvalue weighted by Gasteiger charge is -2.36. The number of amides is 1. The van der Waals surface area contributed by atoms with E-state index in [-0.39, 0.29) is 11.9 Å². The van der Waals surface area contributed by atoms with Gasteiger partial charge < -0.3 is 20.3 Å². The smallest absolute Gasteiger partial charge is 0.239 e. The Bertz CT molecular complexity index is 485. The summed E-state index contributed by atoms with van der Waals surface area (Å²) in [6.07, 6.45) is 3.49. The molecule has 1 heterocycles. The second kappa shape index (κ2) is 6.35. The average Bonchev–Trinajstić information content (AvgIpc) is 2.51. The van der Waals surface area contributed by atoms with Gasteiger partial charge in [-0.25, -0.2) is 0 Å². The lowest BCUT2D eigenvalue weighted by atomic mass is 9.93. The molecule has 0 spiro atoms. The number of methoxy groups -OCH3 is 1. The molecule has 0 unspecified atom stereocenters. The van der Waals surface area contributed by atoms with Crippen molar-refractivity contribution in [2.75, 3.05) is 31.6 Å². The van der Waals surface area contributed by atoms with E-state index in [9.17, 15) is 4.79 Å². The zero-order valence-electron chi connectivity index (χ0n) is 12.5. The first-order chi connectivity index (χ1) is 10.3. The molecule has 1 aromatic rings. The van der Waals surface area contributed by atoms with Gasteiger partial charge in [0.1, 0.15) is 11.8 Å². The van der Waals surface area contributed by atoms with Crippen LogP contribution in [0.1, 0.15) is 19.3 Å². The van der Waals surface area contributed by atoms with Gasteiger partial charge in [-0.05, 0) is 43.5 Å². The summed E-state index contributed by atoms with van der Waals surface area (Å²) in [5.41, 5.74) is 1.14. The number of benzene rings is 1. The van der Waals surface area contributed by atoms with E-state index >= 15 is 0 Å². The SMILES string of the molecule is COc1ccc(N2CCN[C@@H](C(=O)NC3CCC3)C2)cc1. The van der Waals surface area contributed by atoms with Gasteiger partial charge in [0.25, 0.3) is 0 Å². The van der Waals surface area contributed by atoms with Crippen molar-refractivity contribution in [3.63, 3.8) is 0 Å². The van der Waals surface area contributed by atoms with Crippen LogP contribution in [0.2, 0.25) is 0 Å². The van der Waals surface area contributed by atoms with Crippen LogP contribution in [-0.4, -0.2) is 44.7 Å². The Hall–Kier alpha value is -1.75. The molecule has 0 bridgehead atoms. The third-order valence-corrected chi connectivity index (χ3v) is 4.38. The molecule has 1 atom stereocenters. The molecule has 1 aromatic carbocycles. The molecule has 1 aliphatic carbocycles. The molecule has 5 nitrogen and oxygen atoms in total. The van der Waals surface area contributed by atoms with Gasteiger partial charge in [-0.15, -0.1) is 0 Å². The summed E-state index contributed by atoms with van der Waals surface area (Å²) in [5, 5.41) is 6.44. The fourth-order valence-corrected chi connectivity index (χ4v) is 2.81. The zero-order valence-corrected chi connectivity index (χ0v) is 12.5. The van der Waals surface area contributed by atoms with E-state index in [0.29, 0.717) is 12.6 Å². The highest BCUT2D eigenvalue weighted by Gasteiger charge is 2.28. The Kier molecular flexibility index (Phi) is 4.29. The van der Waals surface area contributed by atoms with Crippen LogP contribution < -0.4 is 20.3 Å². The maximum atomic E-state index is 12.3. The van der Waals surface area contributed by atoms with Gasteiger partial charge in [-0.1, -0.05) is 0 Å². The molecule has 2 aliphatic rings. The second-order valence-electron chi connectivity index (χ2n) is 5.79. The van der Waals surface area contributed by atoms with Gasteiger partial charge in [-0.2, -0.15) is 0 Å². The number of carbonyl (C=O) groups is 1. The first kappa shape index (κ1) is 14.2. The summed E-state index contributed by atoms with van der Waals surface area (Å²) >= 11 is 0. The maximum absolute atomic E-state index is 12.3. The molecule has 2 fully saturated rings. The Balaban J connectivity index is 1.60. The minimum Gasteiger partial charge on any atom is -0.497 e. The van der Waals surface area contributed by atoms with Gasteiger partial charge >= 0.3 is 0 Å². The van der Waals surface area contributed by atoms with E-state index in [4.69, 9.17) is 4.74 Å². The highest BCUT2D eigenvalue weighted by atomic mass is 16.5. The molecule has 114 valence electrons. The number of carbonyl (C=O) groups excluding carboxylic acids is 1. The van der Waals surface area contributed by atoms with Crippen LogP contribution in [0.3, 0.4) is 0 Å². The fraction of sp³-hybridized carbons (Fsp3) is 0.562. The molecule has 2 N–H and O–H groups in total. The number of hydrogen-bond donors (Lipinski definition) is 2. The van der Waals surface area contributed by atoms with Crippen LogP contribution in [0.25, 0.3) is 0 Å². The molecular weight excluding hydrogens is 266 g/mol. The minimum atomic E-state index is -0.124. The number of anilines is 1. The Morgan fingerprint density at radius 1 is 1.33 bits per heavy atom. The Morgan fingerprint density at radius 3 is 2.71 bits per heavy atom. The van der Waals surface area contributed by atoms with Crippen LogP contribution in [0.15, 0.2) is 24.3 Å². The highest BCUT2D eigenvalue weighted by Crippen LogP contribution is 2.21. The van der Waals surface area contributed by atoms with Crippen LogP contribution in [0.5, 0.6) is 5.75 Å². The lowest BCUT2D eigenvalue weighted by molar-refractivity contribution is -0.124. The summed E-state index contributed by atoms with van der Waals surface area (Å²) in [6, 6.07) is 8.29. The standard InChI is InChI=1S/C16H23N3O2/c1-21-14-7-5-13(6-8-14)19-10-9-17-15(11-19)16(20)18-12-3-2-4-12/h5-8,12,15,17H,2-4,9-11H2,1H3,(H,18,20)/t15-/m1/s1. The van der Waals surface area contributed by atoms with Crippen molar-refractivity contribution in [2.24, 2.45) is 0 Å². The zero-order chi connectivity index (χ0) is 14.7. The van der Waals surface area contributed by atoms with Crippen molar-refractivity contribution >= 4 is 11.6 Å². The third-order valence-electron chi connectivity index (χ3n) is 4.38. The molecule has 0 aromatic heterocycles. The van der Waals surface area contributed by atoms with Gasteiger partial charge in [0, 0.05) is 31.4 Å². The Morgan fingerprint density at radius 2 is 2.10 bits per heavy atom. The van der Waals surface area contributed by atoms with E-state index in [1.165, 1.54) is 6.42 Å². The van der Waals surface area contributed by atoms with E-state index in [1.54, 1.807) is 7.11 Å². The van der Waals surface area contributed by atoms with Crippen molar-refractivity contribution < 1.29 is 9.53 Å². The number of nitrogens with zero attached hydrogens (tertiary/aromatic N) is 1. The average molecular weight is 289 g/mol. The molecule has 0 radical (unpaired) electrons. The molecule has 1 saturated carbocycles. The summed E-state index contributed by atoms with van der Waals surface area (Å²) in [7, 11) is 1.67. The second-order valence-corrected chi connectivity index (χ2v) is 5.79. The quantitative estimate of drug-likeness (QED) is 0.873. The van der Waals surface area contributed by atoms with Crippen LogP contribution >= 0.6 is 0 Å². The summed E-state index contributed by atoms with van der Waals surface area (Å²) < 4.78 is 5.18. The molecule has 21 heavy (non-hydrogen) atoms. The third kappa shape index (κ3) is 3.29. The first-order valence-corrected chi connectivity index (χ1v) is 7.69. The van der Waals surface area contributed by atoms with Crippen molar-refractivity contribution in [2.45, 2.75) is 31.3 Å². The lowest BCUT2D eigenvalue weighted by Crippen LogP contribution is -2.59. The first-order valence-electron chi connectivity index (χ1n) is 7.69. The molecule has 3 rings (SSSR count). The van der Waals surface area contributed by atoms with Crippen LogP contribution in [-0.2, 0) is 4.79 Å². The number of nitrogens with one attached hydrogen (secondary N) is 2. The Labute approximate surface area is 125 Å². The van der Waals surface area contributed by atoms with E-state index in [0.717, 1.165) is 37.4 Å². The molecule has 1 amide bonds. The van der Waals surface area contributed by atoms with Gasteiger partial charge in [0.05, 0.1) is 7.11 Å². The molecule has 1 aliphatic heterocycles. The normalized spacial score (nSPS) is 22.5. The molecule has 1 saturated heterocycles. The van der Waals surface area contributed by atoms with Crippen molar-refractivity contribution in [3.05, 3.63) is 24.3 Å². The number of hydrogen-bond acceptors (Lipinski definition) is 4. The maximum Gasteiger partial charge on any atom is 0.239 e. The van der Waals surface area contributed by atoms with Crippen LogP contribution in [0, 0.1) is 0 Å². The van der Waals surface area contributed by atoms with Crippen LogP contribution in [0.4, 0.5) is 5.69 Å². The highest BCUT2D eigenvalue weighted by molar-refractivity contribution is 5.83. The largest absolute Gasteiger partial charge is 0.497 e. The summed E-state index contributed by atoms with van der Waals surface area (Å²) in [4.78, 5) is 14.5. The van der Waals surface area contributed by atoms with Gasteiger partial charge in [-0.3, -0.25) is 4.79 Å². The van der Waals surface area contributed by atoms with Crippen molar-refractivity contribution in [1.82, 2.24) is 10.6 Å². The summed E-state index contributed by atoms with van der Waals surface area (Å²) in [6.45, 7) is 2.46. The monoisotopic (exact) mass is 289 g/mol. The van der Waals surface area contributed by atoms with Gasteiger partial charge in [0.2, 0.25) is 5.91 Å².